The highest BCUT2D eigenvalue weighted by Gasteiger charge is 2.35. The van der Waals surface area contributed by atoms with Crippen LogP contribution in [0.25, 0.3) is 20.8 Å². The minimum Gasteiger partial charge on any atom is -0.274 e. The fraction of sp³-hybridized carbons (Fsp3) is 0.250. The highest BCUT2D eigenvalue weighted by molar-refractivity contribution is 7.21. The minimum absolute atomic E-state index is 0.184. The predicted octanol–water partition coefficient (Wildman–Crippen LogP) is 4.61. The number of thiazole rings is 1. The third kappa shape index (κ3) is 2.74. The molecule has 0 unspecified atom stereocenters. The maximum atomic E-state index is 12.7. The number of para-hydroxylation sites is 1. The first-order valence-corrected chi connectivity index (χ1v) is 9.22. The molecule has 5 heteroatoms. The van der Waals surface area contributed by atoms with E-state index in [-0.39, 0.29) is 11.8 Å². The summed E-state index contributed by atoms with van der Waals surface area (Å²) >= 11 is 1.59. The van der Waals surface area contributed by atoms with Gasteiger partial charge in [0, 0.05) is 12.1 Å². The number of hydrogen-bond acceptors (Lipinski definition) is 4. The molecule has 2 aromatic carbocycles. The average Bonchev–Trinajstić information content (AvgIpc) is 3.13. The van der Waals surface area contributed by atoms with Crippen molar-refractivity contribution >= 4 is 33.4 Å². The molecule has 0 N–H and O–H groups in total. The lowest BCUT2D eigenvalue weighted by molar-refractivity contribution is 0.0648. The van der Waals surface area contributed by atoms with Gasteiger partial charge in [-0.3, -0.25) is 14.5 Å². The second kappa shape index (κ2) is 6.08. The molecule has 0 spiro atoms. The van der Waals surface area contributed by atoms with Crippen molar-refractivity contribution in [3.8, 4) is 10.6 Å². The van der Waals surface area contributed by atoms with Crippen LogP contribution < -0.4 is 0 Å². The Kier molecular flexibility index (Phi) is 3.88. The zero-order valence-corrected chi connectivity index (χ0v) is 15.0. The molecule has 1 aliphatic heterocycles. The monoisotopic (exact) mass is 350 g/mol. The summed E-state index contributed by atoms with van der Waals surface area (Å²) in [6.45, 7) is 4.65. The summed E-state index contributed by atoms with van der Waals surface area (Å²) in [6, 6.07) is 13.4. The second-order valence-electron chi connectivity index (χ2n) is 6.69. The lowest BCUT2D eigenvalue weighted by Gasteiger charge is -2.14. The molecule has 0 aliphatic carbocycles. The molecule has 1 aliphatic rings. The Morgan fingerprint density at radius 1 is 1.04 bits per heavy atom. The average molecular weight is 350 g/mol. The van der Waals surface area contributed by atoms with Crippen molar-refractivity contribution in [3.05, 3.63) is 53.6 Å². The molecule has 0 saturated heterocycles. The number of imide groups is 1. The molecule has 4 rings (SSSR count). The number of aromatic nitrogens is 1. The number of rotatable bonds is 4. The summed E-state index contributed by atoms with van der Waals surface area (Å²) < 4.78 is 1.11. The Bertz CT molecular complexity index is 957. The van der Waals surface area contributed by atoms with Gasteiger partial charge in [0.15, 0.2) is 0 Å². The Morgan fingerprint density at radius 3 is 2.56 bits per heavy atom. The zero-order chi connectivity index (χ0) is 17.6. The van der Waals surface area contributed by atoms with Gasteiger partial charge in [0.25, 0.3) is 11.8 Å². The molecule has 2 amide bonds. The van der Waals surface area contributed by atoms with E-state index >= 15 is 0 Å². The Hall–Kier alpha value is -2.53. The van der Waals surface area contributed by atoms with Crippen LogP contribution >= 0.6 is 11.3 Å². The predicted molar refractivity (Wildman–Crippen MR) is 99.9 cm³/mol. The normalized spacial score (nSPS) is 14.0. The summed E-state index contributed by atoms with van der Waals surface area (Å²) in [4.78, 5) is 31.2. The molecule has 0 saturated carbocycles. The van der Waals surface area contributed by atoms with E-state index in [1.165, 1.54) is 4.90 Å². The SMILES string of the molecule is CC(C)CCN1C(=O)c2ccc(-c3nc4ccccc4s3)cc2C1=O. The molecule has 126 valence electrons. The van der Waals surface area contributed by atoms with Crippen molar-refractivity contribution in [1.29, 1.82) is 0 Å². The number of fused-ring (bicyclic) bond motifs is 2. The molecule has 0 bridgehead atoms. The van der Waals surface area contributed by atoms with Crippen LogP contribution in [0.5, 0.6) is 0 Å². The maximum Gasteiger partial charge on any atom is 0.261 e. The Morgan fingerprint density at radius 2 is 1.80 bits per heavy atom. The van der Waals surface area contributed by atoms with Crippen LogP contribution in [-0.4, -0.2) is 28.2 Å². The molecule has 0 radical (unpaired) electrons. The van der Waals surface area contributed by atoms with Crippen LogP contribution in [0.4, 0.5) is 0 Å². The molecule has 3 aromatic rings. The summed E-state index contributed by atoms with van der Waals surface area (Å²) in [5.74, 6) is 0.0720. The molecule has 2 heterocycles. The first kappa shape index (κ1) is 16.0. The number of benzene rings is 2. The van der Waals surface area contributed by atoms with Crippen LogP contribution in [0, 0.1) is 5.92 Å². The van der Waals surface area contributed by atoms with Crippen LogP contribution in [0.2, 0.25) is 0 Å². The van der Waals surface area contributed by atoms with Crippen molar-refractivity contribution < 1.29 is 9.59 Å². The van der Waals surface area contributed by atoms with E-state index < -0.39 is 0 Å². The van der Waals surface area contributed by atoms with Gasteiger partial charge in [-0.1, -0.05) is 32.0 Å². The molecule has 0 atom stereocenters. The molecular formula is C20H18N2O2S. The van der Waals surface area contributed by atoms with E-state index in [1.807, 2.05) is 36.4 Å². The Balaban J connectivity index is 1.70. The zero-order valence-electron chi connectivity index (χ0n) is 14.2. The van der Waals surface area contributed by atoms with Gasteiger partial charge in [-0.2, -0.15) is 0 Å². The topological polar surface area (TPSA) is 50.3 Å². The van der Waals surface area contributed by atoms with Gasteiger partial charge >= 0.3 is 0 Å². The smallest absolute Gasteiger partial charge is 0.261 e. The molecule has 0 fully saturated rings. The largest absolute Gasteiger partial charge is 0.274 e. The first-order valence-electron chi connectivity index (χ1n) is 8.41. The van der Waals surface area contributed by atoms with Gasteiger partial charge < -0.3 is 0 Å². The maximum absolute atomic E-state index is 12.7. The molecular weight excluding hydrogens is 332 g/mol. The second-order valence-corrected chi connectivity index (χ2v) is 7.72. The number of nitrogens with zero attached hydrogens (tertiary/aromatic N) is 2. The minimum atomic E-state index is -0.191. The van der Waals surface area contributed by atoms with Crippen molar-refractivity contribution in [1.82, 2.24) is 9.88 Å². The van der Waals surface area contributed by atoms with Crippen molar-refractivity contribution in [2.45, 2.75) is 20.3 Å². The van der Waals surface area contributed by atoms with Gasteiger partial charge in [0.05, 0.1) is 21.3 Å². The highest BCUT2D eigenvalue weighted by atomic mass is 32.1. The van der Waals surface area contributed by atoms with Gasteiger partial charge in [-0.05, 0) is 36.6 Å². The van der Waals surface area contributed by atoms with E-state index in [0.717, 1.165) is 27.2 Å². The van der Waals surface area contributed by atoms with E-state index in [4.69, 9.17) is 0 Å². The lowest BCUT2D eigenvalue weighted by Crippen LogP contribution is -2.31. The van der Waals surface area contributed by atoms with Crippen LogP contribution in [-0.2, 0) is 0 Å². The highest BCUT2D eigenvalue weighted by Crippen LogP contribution is 2.33. The lowest BCUT2D eigenvalue weighted by atomic mass is 10.1. The van der Waals surface area contributed by atoms with E-state index in [2.05, 4.69) is 18.8 Å². The van der Waals surface area contributed by atoms with E-state index in [0.29, 0.717) is 23.6 Å². The van der Waals surface area contributed by atoms with E-state index in [9.17, 15) is 9.59 Å². The van der Waals surface area contributed by atoms with Crippen molar-refractivity contribution in [2.24, 2.45) is 5.92 Å². The summed E-state index contributed by atoms with van der Waals surface area (Å²) in [5, 5.41) is 0.866. The molecule has 25 heavy (non-hydrogen) atoms. The number of amides is 2. The standard InChI is InChI=1S/C20H18N2O2S/c1-12(2)9-10-22-19(23)14-8-7-13(11-15(14)20(22)24)18-21-16-5-3-4-6-17(16)25-18/h3-8,11-12H,9-10H2,1-2H3. The van der Waals surface area contributed by atoms with Crippen LogP contribution in [0.3, 0.4) is 0 Å². The summed E-state index contributed by atoms with van der Waals surface area (Å²) in [7, 11) is 0. The summed E-state index contributed by atoms with van der Waals surface area (Å²) in [5.41, 5.74) is 2.82. The molecule has 1 aromatic heterocycles. The van der Waals surface area contributed by atoms with Crippen LogP contribution in [0.15, 0.2) is 42.5 Å². The summed E-state index contributed by atoms with van der Waals surface area (Å²) in [6.07, 6.45) is 0.816. The van der Waals surface area contributed by atoms with Gasteiger partial charge in [0.2, 0.25) is 0 Å². The Labute approximate surface area is 150 Å². The van der Waals surface area contributed by atoms with Crippen LogP contribution in [0.1, 0.15) is 41.0 Å². The first-order chi connectivity index (χ1) is 12.0. The number of carbonyl (C=O) groups is 2. The van der Waals surface area contributed by atoms with Gasteiger partial charge in [-0.15, -0.1) is 11.3 Å². The van der Waals surface area contributed by atoms with E-state index in [1.54, 1.807) is 17.4 Å². The van der Waals surface area contributed by atoms with Gasteiger partial charge in [0.1, 0.15) is 5.01 Å². The van der Waals surface area contributed by atoms with Crippen molar-refractivity contribution in [3.63, 3.8) is 0 Å². The third-order valence-corrected chi connectivity index (χ3v) is 5.53. The van der Waals surface area contributed by atoms with Gasteiger partial charge in [-0.25, -0.2) is 4.98 Å². The fourth-order valence-electron chi connectivity index (χ4n) is 3.01. The number of hydrogen-bond donors (Lipinski definition) is 0. The van der Waals surface area contributed by atoms with Crippen molar-refractivity contribution in [2.75, 3.05) is 6.54 Å². The fourth-order valence-corrected chi connectivity index (χ4v) is 3.97. The third-order valence-electron chi connectivity index (χ3n) is 4.44. The quantitative estimate of drug-likeness (QED) is 0.646. The molecule has 4 nitrogen and oxygen atoms in total. The number of carbonyl (C=O) groups excluding carboxylic acids is 2.